The lowest BCUT2D eigenvalue weighted by Gasteiger charge is -2.29. The van der Waals surface area contributed by atoms with Crippen LogP contribution in [0.25, 0.3) is 0 Å². The van der Waals surface area contributed by atoms with Crippen LogP contribution in [-0.2, 0) is 9.59 Å². The summed E-state index contributed by atoms with van der Waals surface area (Å²) in [6, 6.07) is 0. The van der Waals surface area contributed by atoms with Gasteiger partial charge in [-0.25, -0.2) is 3.11 Å². The molecule has 6 heteroatoms. The van der Waals surface area contributed by atoms with Gasteiger partial charge in [0.05, 0.1) is 22.9 Å². The van der Waals surface area contributed by atoms with Crippen LogP contribution < -0.4 is 0 Å². The number of amides is 2. The number of hydrogen-bond donors (Lipinski definition) is 0. The molecule has 1 saturated heterocycles. The summed E-state index contributed by atoms with van der Waals surface area (Å²) in [4.78, 5) is 20.1. The average molecular weight is 247 g/mol. The lowest BCUT2D eigenvalue weighted by Crippen LogP contribution is -2.61. The standard InChI is InChI=1S/C3F2INO2/c4-3(5)1(8)7(6)2(3)9. The van der Waals surface area contributed by atoms with Crippen molar-refractivity contribution in [3.8, 4) is 0 Å². The van der Waals surface area contributed by atoms with Gasteiger partial charge in [-0.15, -0.1) is 0 Å². The molecule has 1 heterocycles. The molecule has 0 radical (unpaired) electrons. The lowest BCUT2D eigenvalue weighted by atomic mass is 10.2. The van der Waals surface area contributed by atoms with Gasteiger partial charge in [-0.05, 0) is 0 Å². The number of β-lactam (4-membered cyclic amide) rings is 2. The molecule has 0 N–H and O–H groups in total. The van der Waals surface area contributed by atoms with Crippen LogP contribution in [0.15, 0.2) is 0 Å². The molecule has 0 aromatic heterocycles. The molecule has 1 fully saturated rings. The van der Waals surface area contributed by atoms with Crippen molar-refractivity contribution >= 4 is 34.7 Å². The van der Waals surface area contributed by atoms with Crippen LogP contribution in [0.2, 0.25) is 0 Å². The Hall–Kier alpha value is -0.270. The van der Waals surface area contributed by atoms with Crippen molar-refractivity contribution < 1.29 is 18.4 Å². The maximum atomic E-state index is 11.8. The molecule has 0 aromatic rings. The Balaban J connectivity index is 2.86. The van der Waals surface area contributed by atoms with Crippen molar-refractivity contribution in [2.75, 3.05) is 0 Å². The summed E-state index contributed by atoms with van der Waals surface area (Å²) in [6.07, 6.45) is 0. The van der Waals surface area contributed by atoms with Crippen LogP contribution >= 0.6 is 22.9 Å². The summed E-state index contributed by atoms with van der Waals surface area (Å²) in [5.41, 5.74) is 0. The van der Waals surface area contributed by atoms with Gasteiger partial charge in [0.1, 0.15) is 0 Å². The number of hydrogen-bond acceptors (Lipinski definition) is 2. The van der Waals surface area contributed by atoms with Gasteiger partial charge in [0.2, 0.25) is 0 Å². The Morgan fingerprint density at radius 1 is 1.33 bits per heavy atom. The molecule has 0 unspecified atom stereocenters. The minimum absolute atomic E-state index is 0.359. The van der Waals surface area contributed by atoms with E-state index in [4.69, 9.17) is 0 Å². The predicted octanol–water partition coefficient (Wildman–Crippen LogP) is 0.341. The number of alkyl halides is 2. The summed E-state index contributed by atoms with van der Waals surface area (Å²) in [5, 5.41) is 0. The molecule has 0 bridgehead atoms. The van der Waals surface area contributed by atoms with Crippen LogP contribution in [0.5, 0.6) is 0 Å². The molecule has 2 amide bonds. The third-order valence-electron chi connectivity index (χ3n) is 0.894. The Kier molecular flexibility index (Phi) is 1.23. The van der Waals surface area contributed by atoms with Crippen LogP contribution in [0.4, 0.5) is 8.78 Å². The molecule has 3 nitrogen and oxygen atoms in total. The minimum Gasteiger partial charge on any atom is -0.266 e. The summed E-state index contributed by atoms with van der Waals surface area (Å²) in [5.74, 6) is -6.62. The third kappa shape index (κ3) is 0.652. The summed E-state index contributed by atoms with van der Waals surface area (Å²) < 4.78 is 24.0. The lowest BCUT2D eigenvalue weighted by molar-refractivity contribution is -0.184. The van der Waals surface area contributed by atoms with Crippen molar-refractivity contribution in [3.05, 3.63) is 0 Å². The first-order chi connectivity index (χ1) is 3.98. The van der Waals surface area contributed by atoms with E-state index in [0.717, 1.165) is 0 Å². The van der Waals surface area contributed by atoms with E-state index in [0.29, 0.717) is 3.11 Å². The van der Waals surface area contributed by atoms with E-state index in [1.54, 1.807) is 0 Å². The highest BCUT2D eigenvalue weighted by Gasteiger charge is 2.63. The first-order valence-corrected chi connectivity index (χ1v) is 2.87. The van der Waals surface area contributed by atoms with Gasteiger partial charge in [0.25, 0.3) is 0 Å². The van der Waals surface area contributed by atoms with Crippen molar-refractivity contribution in [2.24, 2.45) is 0 Å². The fourth-order valence-corrected chi connectivity index (χ4v) is 0.983. The summed E-state index contributed by atoms with van der Waals surface area (Å²) >= 11 is 1.22. The SMILES string of the molecule is O=C1N(I)C(=O)C1(F)F. The molecule has 0 aromatic carbocycles. The zero-order chi connectivity index (χ0) is 7.23. The van der Waals surface area contributed by atoms with Crippen molar-refractivity contribution in [1.29, 1.82) is 0 Å². The predicted molar refractivity (Wildman–Crippen MR) is 30.8 cm³/mol. The molecule has 1 aliphatic heterocycles. The molecular formula is C3F2INO2. The molecule has 9 heavy (non-hydrogen) atoms. The highest BCUT2D eigenvalue weighted by atomic mass is 127. The molecular weight excluding hydrogens is 247 g/mol. The fourth-order valence-electron chi connectivity index (χ4n) is 0.377. The smallest absolute Gasteiger partial charge is 0.266 e. The molecule has 0 saturated carbocycles. The van der Waals surface area contributed by atoms with Crippen molar-refractivity contribution in [3.63, 3.8) is 0 Å². The van der Waals surface area contributed by atoms with E-state index in [2.05, 4.69) is 0 Å². The number of rotatable bonds is 0. The van der Waals surface area contributed by atoms with E-state index in [1.165, 1.54) is 22.9 Å². The first-order valence-electron chi connectivity index (χ1n) is 1.90. The maximum Gasteiger partial charge on any atom is 0.403 e. The van der Waals surface area contributed by atoms with Crippen LogP contribution in [0.1, 0.15) is 0 Å². The van der Waals surface area contributed by atoms with E-state index in [-0.39, 0.29) is 0 Å². The molecule has 0 atom stereocenters. The van der Waals surface area contributed by atoms with Gasteiger partial charge < -0.3 is 0 Å². The number of imide groups is 1. The van der Waals surface area contributed by atoms with Gasteiger partial charge in [0, 0.05) is 0 Å². The zero-order valence-electron chi connectivity index (χ0n) is 3.90. The van der Waals surface area contributed by atoms with Crippen LogP contribution in [-0.4, -0.2) is 20.9 Å². The molecule has 0 spiro atoms. The number of carbonyl (C=O) groups is 2. The number of nitrogens with zero attached hydrogens (tertiary/aromatic N) is 1. The second kappa shape index (κ2) is 1.61. The van der Waals surface area contributed by atoms with E-state index < -0.39 is 17.7 Å². The number of carbonyl (C=O) groups excluding carboxylic acids is 2. The molecule has 1 aliphatic rings. The van der Waals surface area contributed by atoms with E-state index in [9.17, 15) is 18.4 Å². The zero-order valence-corrected chi connectivity index (χ0v) is 6.06. The van der Waals surface area contributed by atoms with Gasteiger partial charge in [0.15, 0.2) is 0 Å². The summed E-state index contributed by atoms with van der Waals surface area (Å²) in [7, 11) is 0. The molecule has 0 aliphatic carbocycles. The van der Waals surface area contributed by atoms with Gasteiger partial charge >= 0.3 is 17.7 Å². The maximum absolute atomic E-state index is 11.8. The van der Waals surface area contributed by atoms with E-state index >= 15 is 0 Å². The van der Waals surface area contributed by atoms with Gasteiger partial charge in [-0.3, -0.25) is 9.59 Å². The van der Waals surface area contributed by atoms with E-state index in [1.807, 2.05) is 0 Å². The molecule has 1 rings (SSSR count). The second-order valence-corrected chi connectivity index (χ2v) is 2.43. The highest BCUT2D eigenvalue weighted by Crippen LogP contribution is 2.32. The highest BCUT2D eigenvalue weighted by molar-refractivity contribution is 14.1. The quantitative estimate of drug-likeness (QED) is 0.268. The third-order valence-corrected chi connectivity index (χ3v) is 1.77. The average Bonchev–Trinajstić information content (AvgIpc) is 1.84. The second-order valence-electron chi connectivity index (χ2n) is 1.47. The first kappa shape index (κ1) is 6.84. The van der Waals surface area contributed by atoms with Crippen LogP contribution in [0, 0.1) is 0 Å². The van der Waals surface area contributed by atoms with Gasteiger partial charge in [-0.2, -0.15) is 8.78 Å². The van der Waals surface area contributed by atoms with Gasteiger partial charge in [-0.1, -0.05) is 0 Å². The summed E-state index contributed by atoms with van der Waals surface area (Å²) in [6.45, 7) is 0. The minimum atomic E-state index is -3.75. The Bertz CT molecular complexity index is 174. The topological polar surface area (TPSA) is 37.4 Å². The molecule has 50 valence electrons. The van der Waals surface area contributed by atoms with Crippen molar-refractivity contribution in [1.82, 2.24) is 3.11 Å². The number of halogens is 3. The Labute approximate surface area is 62.5 Å². The Morgan fingerprint density at radius 3 is 1.78 bits per heavy atom. The van der Waals surface area contributed by atoms with Crippen molar-refractivity contribution in [2.45, 2.75) is 5.92 Å². The normalized spacial score (nSPS) is 24.1. The van der Waals surface area contributed by atoms with Crippen LogP contribution in [0.3, 0.4) is 0 Å². The fraction of sp³-hybridized carbons (Fsp3) is 0.333. The monoisotopic (exact) mass is 247 g/mol. The Morgan fingerprint density at radius 2 is 1.67 bits per heavy atom. The largest absolute Gasteiger partial charge is 0.403 e.